The van der Waals surface area contributed by atoms with Crippen LogP contribution in [-0.4, -0.2) is 47.9 Å². The predicted octanol–water partition coefficient (Wildman–Crippen LogP) is 1.62. The van der Waals surface area contributed by atoms with Crippen molar-refractivity contribution < 1.29 is 9.63 Å². The monoisotopic (exact) mass is 294 g/mol. The molecule has 1 aliphatic carbocycles. The third-order valence-corrected chi connectivity index (χ3v) is 4.39. The van der Waals surface area contributed by atoms with Crippen molar-refractivity contribution in [2.24, 2.45) is 10.4 Å². The molecule has 1 aromatic rings. The molecular formula is C15H26N4O2. The molecular weight excluding hydrogens is 268 g/mol. The SMILES string of the molecule is CN=C(NCC1(C)CCCCC1O)N(C)Cc1ccon1. The number of nitrogens with one attached hydrogen (secondary N) is 1. The highest BCUT2D eigenvalue weighted by atomic mass is 16.5. The van der Waals surface area contributed by atoms with Crippen LogP contribution in [0.15, 0.2) is 21.8 Å². The van der Waals surface area contributed by atoms with E-state index in [1.807, 2.05) is 18.0 Å². The van der Waals surface area contributed by atoms with E-state index >= 15 is 0 Å². The van der Waals surface area contributed by atoms with Gasteiger partial charge in [0.25, 0.3) is 0 Å². The van der Waals surface area contributed by atoms with Gasteiger partial charge in [0.2, 0.25) is 0 Å². The van der Waals surface area contributed by atoms with Crippen LogP contribution in [0.25, 0.3) is 0 Å². The molecule has 2 unspecified atom stereocenters. The topological polar surface area (TPSA) is 73.9 Å². The van der Waals surface area contributed by atoms with Crippen LogP contribution in [0.4, 0.5) is 0 Å². The molecule has 0 bridgehead atoms. The molecule has 6 nitrogen and oxygen atoms in total. The predicted molar refractivity (Wildman–Crippen MR) is 81.9 cm³/mol. The van der Waals surface area contributed by atoms with E-state index in [2.05, 4.69) is 22.4 Å². The third kappa shape index (κ3) is 3.97. The average Bonchev–Trinajstić information content (AvgIpc) is 2.96. The van der Waals surface area contributed by atoms with E-state index in [1.54, 1.807) is 13.3 Å². The molecule has 118 valence electrons. The van der Waals surface area contributed by atoms with E-state index in [1.165, 1.54) is 6.42 Å². The van der Waals surface area contributed by atoms with Gasteiger partial charge in [-0.1, -0.05) is 24.9 Å². The maximum absolute atomic E-state index is 10.2. The Morgan fingerprint density at radius 3 is 3.05 bits per heavy atom. The summed E-state index contributed by atoms with van der Waals surface area (Å²) in [5.41, 5.74) is 0.785. The van der Waals surface area contributed by atoms with E-state index in [-0.39, 0.29) is 11.5 Å². The summed E-state index contributed by atoms with van der Waals surface area (Å²) in [6, 6.07) is 1.84. The fraction of sp³-hybridized carbons (Fsp3) is 0.733. The first-order valence-corrected chi connectivity index (χ1v) is 7.54. The van der Waals surface area contributed by atoms with Crippen LogP contribution in [0.1, 0.15) is 38.3 Å². The molecule has 0 saturated heterocycles. The minimum absolute atomic E-state index is 0.0804. The quantitative estimate of drug-likeness (QED) is 0.652. The van der Waals surface area contributed by atoms with E-state index in [9.17, 15) is 5.11 Å². The van der Waals surface area contributed by atoms with Gasteiger partial charge in [-0.3, -0.25) is 4.99 Å². The first kappa shape index (κ1) is 15.8. The Morgan fingerprint density at radius 2 is 2.43 bits per heavy atom. The summed E-state index contributed by atoms with van der Waals surface area (Å²) in [5, 5.41) is 17.5. The van der Waals surface area contributed by atoms with Gasteiger partial charge in [-0.2, -0.15) is 0 Å². The minimum Gasteiger partial charge on any atom is -0.392 e. The molecule has 21 heavy (non-hydrogen) atoms. The number of aromatic nitrogens is 1. The van der Waals surface area contributed by atoms with Crippen LogP contribution >= 0.6 is 0 Å². The molecule has 1 saturated carbocycles. The number of hydrogen-bond donors (Lipinski definition) is 2. The highest BCUT2D eigenvalue weighted by molar-refractivity contribution is 5.79. The van der Waals surface area contributed by atoms with Gasteiger partial charge >= 0.3 is 0 Å². The fourth-order valence-electron chi connectivity index (χ4n) is 2.89. The second kappa shape index (κ2) is 6.93. The maximum atomic E-state index is 10.2. The first-order chi connectivity index (χ1) is 10.0. The number of hydrogen-bond acceptors (Lipinski definition) is 4. The average molecular weight is 294 g/mol. The summed E-state index contributed by atoms with van der Waals surface area (Å²) >= 11 is 0. The zero-order chi connectivity index (χ0) is 15.3. The van der Waals surface area contributed by atoms with Crippen molar-refractivity contribution in [1.82, 2.24) is 15.4 Å². The van der Waals surface area contributed by atoms with Crippen LogP contribution in [0.5, 0.6) is 0 Å². The number of rotatable bonds is 4. The number of aliphatic hydroxyl groups is 1. The van der Waals surface area contributed by atoms with E-state index < -0.39 is 0 Å². The second-order valence-corrected chi connectivity index (χ2v) is 6.16. The molecule has 0 spiro atoms. The zero-order valence-electron chi connectivity index (χ0n) is 13.2. The molecule has 2 atom stereocenters. The van der Waals surface area contributed by atoms with Crippen molar-refractivity contribution in [2.45, 2.75) is 45.3 Å². The number of aliphatic hydroxyl groups excluding tert-OH is 1. The Bertz CT molecular complexity index is 460. The van der Waals surface area contributed by atoms with Crippen LogP contribution in [0.3, 0.4) is 0 Å². The molecule has 1 aromatic heterocycles. The summed E-state index contributed by atoms with van der Waals surface area (Å²) in [6.45, 7) is 3.51. The molecule has 1 aliphatic rings. The smallest absolute Gasteiger partial charge is 0.193 e. The second-order valence-electron chi connectivity index (χ2n) is 6.16. The first-order valence-electron chi connectivity index (χ1n) is 7.54. The summed E-state index contributed by atoms with van der Waals surface area (Å²) in [5.74, 6) is 0.803. The van der Waals surface area contributed by atoms with E-state index in [4.69, 9.17) is 4.52 Å². The van der Waals surface area contributed by atoms with E-state index in [0.29, 0.717) is 6.54 Å². The fourth-order valence-corrected chi connectivity index (χ4v) is 2.89. The molecule has 2 N–H and O–H groups in total. The number of guanidine groups is 1. The Morgan fingerprint density at radius 1 is 1.62 bits per heavy atom. The van der Waals surface area contributed by atoms with Crippen molar-refractivity contribution in [3.63, 3.8) is 0 Å². The standard InChI is InChI=1S/C15H26N4O2/c1-15(8-5-4-6-13(15)20)11-17-14(16-2)19(3)10-12-7-9-21-18-12/h7,9,13,20H,4-6,8,10-11H2,1-3H3,(H,16,17). The highest BCUT2D eigenvalue weighted by Gasteiger charge is 2.35. The zero-order valence-corrected chi connectivity index (χ0v) is 13.2. The van der Waals surface area contributed by atoms with Crippen molar-refractivity contribution >= 4 is 5.96 Å². The van der Waals surface area contributed by atoms with Gasteiger partial charge in [0.15, 0.2) is 5.96 Å². The van der Waals surface area contributed by atoms with Gasteiger partial charge in [-0.05, 0) is 12.8 Å². The molecule has 0 radical (unpaired) electrons. The lowest BCUT2D eigenvalue weighted by molar-refractivity contribution is 0.00368. The molecule has 0 amide bonds. The van der Waals surface area contributed by atoms with Crippen molar-refractivity contribution in [3.8, 4) is 0 Å². The summed E-state index contributed by atoms with van der Waals surface area (Å²) < 4.78 is 4.84. The Labute approximate surface area is 126 Å². The van der Waals surface area contributed by atoms with Gasteiger partial charge in [0, 0.05) is 32.1 Å². The van der Waals surface area contributed by atoms with Gasteiger partial charge < -0.3 is 19.8 Å². The van der Waals surface area contributed by atoms with Crippen molar-refractivity contribution in [3.05, 3.63) is 18.0 Å². The lowest BCUT2D eigenvalue weighted by Crippen LogP contribution is -2.48. The minimum atomic E-state index is -0.238. The van der Waals surface area contributed by atoms with Crippen LogP contribution < -0.4 is 5.32 Å². The maximum Gasteiger partial charge on any atom is 0.193 e. The molecule has 6 heteroatoms. The van der Waals surface area contributed by atoms with Gasteiger partial charge in [-0.15, -0.1) is 0 Å². The summed E-state index contributed by atoms with van der Waals surface area (Å²) in [6.07, 6.45) is 5.58. The van der Waals surface area contributed by atoms with Gasteiger partial charge in [-0.25, -0.2) is 0 Å². The normalized spacial score (nSPS) is 26.7. The molecule has 1 heterocycles. The number of nitrogens with zero attached hydrogens (tertiary/aromatic N) is 3. The van der Waals surface area contributed by atoms with E-state index in [0.717, 1.165) is 37.5 Å². The Kier molecular flexibility index (Phi) is 5.22. The lowest BCUT2D eigenvalue weighted by atomic mass is 9.73. The van der Waals surface area contributed by atoms with Crippen molar-refractivity contribution in [2.75, 3.05) is 20.6 Å². The highest BCUT2D eigenvalue weighted by Crippen LogP contribution is 2.35. The Hall–Kier alpha value is -1.56. The number of aliphatic imine (C=N–C) groups is 1. The molecule has 1 fully saturated rings. The lowest BCUT2D eigenvalue weighted by Gasteiger charge is -2.39. The van der Waals surface area contributed by atoms with Crippen LogP contribution in [0.2, 0.25) is 0 Å². The largest absolute Gasteiger partial charge is 0.392 e. The Balaban J connectivity index is 1.90. The molecule has 0 aromatic carbocycles. The van der Waals surface area contributed by atoms with Crippen molar-refractivity contribution in [1.29, 1.82) is 0 Å². The summed E-state index contributed by atoms with van der Waals surface area (Å²) in [7, 11) is 3.73. The third-order valence-electron chi connectivity index (χ3n) is 4.39. The van der Waals surface area contributed by atoms with Crippen LogP contribution in [0, 0.1) is 5.41 Å². The van der Waals surface area contributed by atoms with Gasteiger partial charge in [0.1, 0.15) is 12.0 Å². The molecule has 2 rings (SSSR count). The molecule has 0 aliphatic heterocycles. The van der Waals surface area contributed by atoms with Crippen LogP contribution in [-0.2, 0) is 6.54 Å². The van der Waals surface area contributed by atoms with Gasteiger partial charge in [0.05, 0.1) is 12.6 Å². The summed E-state index contributed by atoms with van der Waals surface area (Å²) in [4.78, 5) is 6.30.